The molecular weight excluding hydrogens is 344 g/mol. The first kappa shape index (κ1) is 16.1. The standard InChI is InChI=1S/C20H20N4O3/c1-12-5-6-18(27-12)15-8-16(22-21-15)20(26)23-9-13-7-14(11-23)17-3-2-4-19(25)24(17)10-13/h2-6,8,13-14H,7,9-11H2,1H3,(H,21,22). The van der Waals surface area contributed by atoms with E-state index in [-0.39, 0.29) is 17.4 Å². The summed E-state index contributed by atoms with van der Waals surface area (Å²) < 4.78 is 7.46. The number of hydrogen-bond acceptors (Lipinski definition) is 4. The third kappa shape index (κ3) is 2.70. The van der Waals surface area contributed by atoms with Crippen molar-refractivity contribution in [3.63, 3.8) is 0 Å². The van der Waals surface area contributed by atoms with E-state index in [2.05, 4.69) is 10.2 Å². The lowest BCUT2D eigenvalue weighted by atomic mass is 9.83. The van der Waals surface area contributed by atoms with Gasteiger partial charge >= 0.3 is 0 Å². The van der Waals surface area contributed by atoms with E-state index in [0.717, 1.165) is 17.9 Å². The van der Waals surface area contributed by atoms with Gasteiger partial charge in [0.15, 0.2) is 11.5 Å². The Morgan fingerprint density at radius 3 is 2.93 bits per heavy atom. The first-order valence-corrected chi connectivity index (χ1v) is 9.20. The van der Waals surface area contributed by atoms with Gasteiger partial charge in [0.25, 0.3) is 11.5 Å². The molecule has 5 heterocycles. The molecule has 2 unspecified atom stereocenters. The molecule has 0 aromatic carbocycles. The normalized spacial score (nSPS) is 21.1. The number of rotatable bonds is 2. The minimum Gasteiger partial charge on any atom is -0.460 e. The molecule has 0 aliphatic carbocycles. The van der Waals surface area contributed by atoms with Crippen molar-refractivity contribution in [1.82, 2.24) is 19.7 Å². The largest absolute Gasteiger partial charge is 0.460 e. The van der Waals surface area contributed by atoms with Gasteiger partial charge in [0.2, 0.25) is 0 Å². The van der Waals surface area contributed by atoms with Crippen LogP contribution in [0.25, 0.3) is 11.5 Å². The van der Waals surface area contributed by atoms with E-state index in [4.69, 9.17) is 4.42 Å². The zero-order valence-corrected chi connectivity index (χ0v) is 15.0. The summed E-state index contributed by atoms with van der Waals surface area (Å²) in [5.41, 5.74) is 2.17. The van der Waals surface area contributed by atoms with Crippen LogP contribution in [0.4, 0.5) is 0 Å². The Kier molecular flexibility index (Phi) is 3.56. The molecule has 0 radical (unpaired) electrons. The quantitative estimate of drug-likeness (QED) is 0.757. The van der Waals surface area contributed by atoms with E-state index in [0.29, 0.717) is 42.7 Å². The number of hydrogen-bond donors (Lipinski definition) is 1. The first-order chi connectivity index (χ1) is 13.1. The lowest BCUT2D eigenvalue weighted by Crippen LogP contribution is -2.49. The second kappa shape index (κ2) is 5.97. The molecule has 1 amide bonds. The zero-order chi connectivity index (χ0) is 18.5. The van der Waals surface area contributed by atoms with Crippen LogP contribution in [0.2, 0.25) is 0 Å². The van der Waals surface area contributed by atoms with E-state index in [1.807, 2.05) is 34.6 Å². The summed E-state index contributed by atoms with van der Waals surface area (Å²) in [6, 6.07) is 10.9. The van der Waals surface area contributed by atoms with Crippen molar-refractivity contribution in [2.75, 3.05) is 13.1 Å². The molecule has 0 saturated carbocycles. The van der Waals surface area contributed by atoms with Gasteiger partial charge < -0.3 is 13.9 Å². The second-order valence-corrected chi connectivity index (χ2v) is 7.49. The van der Waals surface area contributed by atoms with Crippen molar-refractivity contribution in [2.45, 2.75) is 25.8 Å². The molecule has 2 aliphatic rings. The number of nitrogens with one attached hydrogen (secondary N) is 1. The van der Waals surface area contributed by atoms with Gasteiger partial charge in [0, 0.05) is 43.4 Å². The van der Waals surface area contributed by atoms with Gasteiger partial charge in [0.05, 0.1) is 0 Å². The zero-order valence-electron chi connectivity index (χ0n) is 15.0. The average Bonchev–Trinajstić information content (AvgIpc) is 3.31. The third-order valence-corrected chi connectivity index (χ3v) is 5.57. The molecule has 3 aromatic heterocycles. The van der Waals surface area contributed by atoms with E-state index < -0.39 is 0 Å². The fourth-order valence-electron chi connectivity index (χ4n) is 4.36. The minimum atomic E-state index is -0.0813. The Balaban J connectivity index is 1.40. The van der Waals surface area contributed by atoms with Crippen molar-refractivity contribution >= 4 is 5.91 Å². The molecule has 7 nitrogen and oxygen atoms in total. The van der Waals surface area contributed by atoms with Crippen LogP contribution in [-0.4, -0.2) is 38.7 Å². The van der Waals surface area contributed by atoms with Crippen molar-refractivity contribution in [2.24, 2.45) is 5.92 Å². The monoisotopic (exact) mass is 364 g/mol. The van der Waals surface area contributed by atoms with E-state index in [1.54, 1.807) is 18.2 Å². The lowest BCUT2D eigenvalue weighted by Gasteiger charge is -2.42. The van der Waals surface area contributed by atoms with Gasteiger partial charge in [-0.05, 0) is 37.5 Å². The maximum atomic E-state index is 13.0. The van der Waals surface area contributed by atoms with Gasteiger partial charge in [-0.1, -0.05) is 6.07 Å². The Bertz CT molecular complexity index is 1080. The van der Waals surface area contributed by atoms with Crippen LogP contribution in [0.15, 0.2) is 45.6 Å². The topological polar surface area (TPSA) is 84.1 Å². The van der Waals surface area contributed by atoms with E-state index in [1.165, 1.54) is 0 Å². The third-order valence-electron chi connectivity index (χ3n) is 5.57. The first-order valence-electron chi connectivity index (χ1n) is 9.20. The molecule has 2 bridgehead atoms. The maximum absolute atomic E-state index is 13.0. The van der Waals surface area contributed by atoms with Gasteiger partial charge in [-0.15, -0.1) is 0 Å². The van der Waals surface area contributed by atoms with Crippen molar-refractivity contribution < 1.29 is 9.21 Å². The molecule has 5 rings (SSSR count). The molecule has 1 saturated heterocycles. The number of H-pyrrole nitrogens is 1. The molecule has 138 valence electrons. The molecule has 1 N–H and O–H groups in total. The minimum absolute atomic E-state index is 0.0488. The predicted molar refractivity (Wildman–Crippen MR) is 98.5 cm³/mol. The smallest absolute Gasteiger partial charge is 0.274 e. The highest BCUT2D eigenvalue weighted by atomic mass is 16.3. The second-order valence-electron chi connectivity index (χ2n) is 7.49. The average molecular weight is 364 g/mol. The molecular formula is C20H20N4O3. The molecule has 3 aromatic rings. The van der Waals surface area contributed by atoms with Crippen LogP contribution in [-0.2, 0) is 6.54 Å². The summed E-state index contributed by atoms with van der Waals surface area (Å²) in [5.74, 6) is 1.89. The number of amides is 1. The lowest BCUT2D eigenvalue weighted by molar-refractivity contribution is 0.0588. The summed E-state index contributed by atoms with van der Waals surface area (Å²) in [7, 11) is 0. The van der Waals surface area contributed by atoms with Gasteiger partial charge in [0.1, 0.15) is 11.5 Å². The Hall–Kier alpha value is -3.09. The summed E-state index contributed by atoms with van der Waals surface area (Å²) in [5, 5.41) is 7.09. The summed E-state index contributed by atoms with van der Waals surface area (Å²) in [6.45, 7) is 3.81. The van der Waals surface area contributed by atoms with E-state index in [9.17, 15) is 9.59 Å². The number of aromatic nitrogens is 3. The van der Waals surface area contributed by atoms with Crippen molar-refractivity contribution in [3.05, 3.63) is 63.9 Å². The highest BCUT2D eigenvalue weighted by Gasteiger charge is 2.37. The Morgan fingerprint density at radius 1 is 1.22 bits per heavy atom. The Labute approximate surface area is 155 Å². The fourth-order valence-corrected chi connectivity index (χ4v) is 4.36. The molecule has 2 atom stereocenters. The van der Waals surface area contributed by atoms with Gasteiger partial charge in [-0.2, -0.15) is 5.10 Å². The van der Waals surface area contributed by atoms with E-state index >= 15 is 0 Å². The van der Waals surface area contributed by atoms with Crippen LogP contribution >= 0.6 is 0 Å². The molecule has 0 spiro atoms. The van der Waals surface area contributed by atoms with Crippen LogP contribution in [0.1, 0.15) is 34.3 Å². The van der Waals surface area contributed by atoms with Crippen LogP contribution in [0.5, 0.6) is 0 Å². The number of nitrogens with zero attached hydrogens (tertiary/aromatic N) is 3. The van der Waals surface area contributed by atoms with Crippen LogP contribution in [0.3, 0.4) is 0 Å². The number of likely N-dealkylation sites (tertiary alicyclic amines) is 1. The highest BCUT2D eigenvalue weighted by molar-refractivity contribution is 5.93. The molecule has 1 fully saturated rings. The molecule has 27 heavy (non-hydrogen) atoms. The maximum Gasteiger partial charge on any atom is 0.274 e. The number of furan rings is 1. The van der Waals surface area contributed by atoms with Crippen LogP contribution in [0, 0.1) is 12.8 Å². The van der Waals surface area contributed by atoms with Crippen molar-refractivity contribution in [3.8, 4) is 11.5 Å². The number of piperidine rings is 1. The van der Waals surface area contributed by atoms with Crippen LogP contribution < -0.4 is 5.56 Å². The number of aromatic amines is 1. The summed E-state index contributed by atoms with van der Waals surface area (Å²) in [6.07, 6.45) is 1.02. The number of fused-ring (bicyclic) bond motifs is 4. The summed E-state index contributed by atoms with van der Waals surface area (Å²) in [4.78, 5) is 27.0. The predicted octanol–water partition coefficient (Wildman–Crippen LogP) is 2.40. The molecule has 2 aliphatic heterocycles. The number of aryl methyl sites for hydroxylation is 1. The van der Waals surface area contributed by atoms with Crippen molar-refractivity contribution in [1.29, 1.82) is 0 Å². The highest BCUT2D eigenvalue weighted by Crippen LogP contribution is 2.35. The summed E-state index contributed by atoms with van der Waals surface area (Å²) >= 11 is 0. The molecule has 7 heteroatoms. The van der Waals surface area contributed by atoms with Gasteiger partial charge in [-0.3, -0.25) is 14.7 Å². The fraction of sp³-hybridized carbons (Fsp3) is 0.350. The number of pyridine rings is 1. The SMILES string of the molecule is Cc1ccc(-c2cc(C(=O)N3CC4CC(C3)c3cccc(=O)n3C4)n[nH]2)o1. The number of carbonyl (C=O) groups excluding carboxylic acids is 1. The Morgan fingerprint density at radius 2 is 2.11 bits per heavy atom. The van der Waals surface area contributed by atoms with Gasteiger partial charge in [-0.25, -0.2) is 0 Å². The number of carbonyl (C=O) groups is 1.